The van der Waals surface area contributed by atoms with Gasteiger partial charge in [-0.3, -0.25) is 16.0 Å². The Balaban J connectivity index is 1.97. The fourth-order valence-electron chi connectivity index (χ4n) is 2.48. The third kappa shape index (κ3) is 2.58. The minimum atomic E-state index is -0.463. The van der Waals surface area contributed by atoms with E-state index in [1.807, 2.05) is 0 Å². The van der Waals surface area contributed by atoms with E-state index in [4.69, 9.17) is 40.2 Å². The summed E-state index contributed by atoms with van der Waals surface area (Å²) in [6.45, 7) is 0.462. The topological polar surface area (TPSA) is 80.2 Å². The second kappa shape index (κ2) is 5.62. The van der Waals surface area contributed by atoms with E-state index in [-0.39, 0.29) is 11.8 Å². The molecule has 3 unspecified atom stereocenters. The zero-order valence-corrected chi connectivity index (χ0v) is 12.9. The van der Waals surface area contributed by atoms with Crippen LogP contribution in [0, 0.1) is 11.3 Å². The second-order valence-corrected chi connectivity index (χ2v) is 6.01. The molecule has 2 saturated heterocycles. The highest BCUT2D eigenvalue weighted by atomic mass is 35.5. The number of hydrogen-bond donors (Lipinski definition) is 4. The van der Waals surface area contributed by atoms with Crippen molar-refractivity contribution in [2.45, 2.75) is 11.8 Å². The lowest BCUT2D eigenvalue weighted by Crippen LogP contribution is -2.71. The Morgan fingerprint density at radius 2 is 1.95 bits per heavy atom. The highest BCUT2D eigenvalue weighted by Crippen LogP contribution is 2.36. The Labute approximate surface area is 136 Å². The van der Waals surface area contributed by atoms with Gasteiger partial charge in [0, 0.05) is 6.54 Å². The molecule has 2 fully saturated rings. The summed E-state index contributed by atoms with van der Waals surface area (Å²) in [5.74, 6) is -0.160. The van der Waals surface area contributed by atoms with E-state index >= 15 is 0 Å². The zero-order chi connectivity index (χ0) is 15.1. The lowest BCUT2D eigenvalue weighted by atomic mass is 9.99. The average molecular weight is 349 g/mol. The van der Waals surface area contributed by atoms with Crippen LogP contribution in [0.3, 0.4) is 0 Å². The molecule has 3 atom stereocenters. The third-order valence-electron chi connectivity index (χ3n) is 3.48. The van der Waals surface area contributed by atoms with Crippen LogP contribution in [0.4, 0.5) is 10.5 Å². The van der Waals surface area contributed by atoms with Gasteiger partial charge < -0.3 is 5.32 Å². The number of nitrogens with zero attached hydrogens (tertiary/aromatic N) is 1. The van der Waals surface area contributed by atoms with Gasteiger partial charge in [-0.15, -0.1) is 0 Å². The van der Waals surface area contributed by atoms with Crippen LogP contribution in [0.5, 0.6) is 0 Å². The van der Waals surface area contributed by atoms with Crippen LogP contribution in [0.1, 0.15) is 0 Å². The standard InChI is InChI=1S/C12H12Cl3N5O/c13-6-2-1-3-7(14)8(6)20-9(16)5-4-17-11(15)18-10(5)19-12(20)21/h1-3,5,10-11,16-18H,4H2,(H,19,21). The van der Waals surface area contributed by atoms with E-state index in [9.17, 15) is 4.79 Å². The minimum absolute atomic E-state index is 0.113. The lowest BCUT2D eigenvalue weighted by molar-refractivity contribution is 0.218. The van der Waals surface area contributed by atoms with Crippen molar-refractivity contribution in [3.8, 4) is 0 Å². The fourth-order valence-corrected chi connectivity index (χ4v) is 3.27. The highest BCUT2D eigenvalue weighted by molar-refractivity contribution is 6.41. The molecule has 0 saturated carbocycles. The molecular formula is C12H12Cl3N5O. The number of carbonyl (C=O) groups excluding carboxylic acids is 1. The van der Waals surface area contributed by atoms with Gasteiger partial charge in [-0.2, -0.15) is 0 Å². The maximum atomic E-state index is 12.3. The summed E-state index contributed by atoms with van der Waals surface area (Å²) in [7, 11) is 0. The van der Waals surface area contributed by atoms with Crippen LogP contribution < -0.4 is 20.9 Å². The SMILES string of the molecule is N=C1C2CNC(Cl)NC2NC(=O)N1c1c(Cl)cccc1Cl. The summed E-state index contributed by atoms with van der Waals surface area (Å²) in [5.41, 5.74) is -0.135. The van der Waals surface area contributed by atoms with Gasteiger partial charge in [-0.05, 0) is 12.1 Å². The minimum Gasteiger partial charge on any atom is -0.321 e. The lowest BCUT2D eigenvalue weighted by Gasteiger charge is -2.44. The van der Waals surface area contributed by atoms with Crippen LogP contribution in [0.2, 0.25) is 10.0 Å². The highest BCUT2D eigenvalue weighted by Gasteiger charge is 2.43. The summed E-state index contributed by atoms with van der Waals surface area (Å²) in [6.07, 6.45) is -0.397. The summed E-state index contributed by atoms with van der Waals surface area (Å²) >= 11 is 18.2. The molecule has 0 aromatic heterocycles. The van der Waals surface area contributed by atoms with Gasteiger partial charge in [0.2, 0.25) is 0 Å². The van der Waals surface area contributed by atoms with Crippen molar-refractivity contribution >= 4 is 52.4 Å². The molecule has 0 aliphatic carbocycles. The van der Waals surface area contributed by atoms with Crippen molar-refractivity contribution in [2.75, 3.05) is 11.4 Å². The Kier molecular flexibility index (Phi) is 3.98. The molecule has 4 N–H and O–H groups in total. The molecule has 2 aliphatic heterocycles. The first-order chi connectivity index (χ1) is 9.99. The summed E-state index contributed by atoms with van der Waals surface area (Å²) in [6, 6.07) is 4.47. The molecule has 2 heterocycles. The van der Waals surface area contributed by atoms with Crippen LogP contribution >= 0.6 is 34.8 Å². The van der Waals surface area contributed by atoms with Gasteiger partial charge in [0.25, 0.3) is 0 Å². The molecule has 0 spiro atoms. The molecule has 112 valence electrons. The molecule has 9 heteroatoms. The maximum Gasteiger partial charge on any atom is 0.328 e. The molecule has 2 aliphatic rings. The maximum absolute atomic E-state index is 12.3. The van der Waals surface area contributed by atoms with E-state index in [0.717, 1.165) is 0 Å². The fraction of sp³-hybridized carbons (Fsp3) is 0.333. The molecular weight excluding hydrogens is 337 g/mol. The first kappa shape index (κ1) is 14.9. The van der Waals surface area contributed by atoms with Gasteiger partial charge in [0.05, 0.1) is 27.8 Å². The van der Waals surface area contributed by atoms with Gasteiger partial charge in [-0.25, -0.2) is 9.69 Å². The van der Waals surface area contributed by atoms with Crippen molar-refractivity contribution in [1.29, 1.82) is 5.41 Å². The largest absolute Gasteiger partial charge is 0.328 e. The summed E-state index contributed by atoms with van der Waals surface area (Å²) in [4.78, 5) is 13.5. The number of fused-ring (bicyclic) bond motifs is 1. The number of rotatable bonds is 1. The predicted octanol–water partition coefficient (Wildman–Crippen LogP) is 2.16. The van der Waals surface area contributed by atoms with Crippen molar-refractivity contribution < 1.29 is 4.79 Å². The first-order valence-electron chi connectivity index (χ1n) is 6.25. The number of hydrogen-bond acceptors (Lipinski definition) is 4. The van der Waals surface area contributed by atoms with Crippen molar-refractivity contribution in [1.82, 2.24) is 16.0 Å². The number of halogens is 3. The second-order valence-electron chi connectivity index (χ2n) is 4.76. The molecule has 0 radical (unpaired) electrons. The van der Waals surface area contributed by atoms with E-state index in [0.29, 0.717) is 22.3 Å². The van der Waals surface area contributed by atoms with Gasteiger partial charge in [-0.1, -0.05) is 40.9 Å². The molecule has 2 amide bonds. The monoisotopic (exact) mass is 347 g/mol. The predicted molar refractivity (Wildman–Crippen MR) is 83.3 cm³/mol. The Hall–Kier alpha value is -1.05. The number of amidine groups is 1. The number of amides is 2. The number of nitrogens with one attached hydrogen (secondary N) is 4. The molecule has 0 bridgehead atoms. The number of anilines is 1. The summed E-state index contributed by atoms with van der Waals surface area (Å²) in [5, 5.41) is 17.7. The number of benzene rings is 1. The molecule has 6 nitrogen and oxygen atoms in total. The van der Waals surface area contributed by atoms with E-state index in [1.54, 1.807) is 18.2 Å². The Morgan fingerprint density at radius 1 is 1.29 bits per heavy atom. The van der Waals surface area contributed by atoms with Gasteiger partial charge in [0.15, 0.2) is 0 Å². The van der Waals surface area contributed by atoms with E-state index < -0.39 is 17.8 Å². The van der Waals surface area contributed by atoms with Crippen molar-refractivity contribution in [3.05, 3.63) is 28.2 Å². The normalized spacial score (nSPS) is 29.1. The van der Waals surface area contributed by atoms with Crippen LogP contribution in [-0.4, -0.2) is 30.2 Å². The van der Waals surface area contributed by atoms with Gasteiger partial charge in [0.1, 0.15) is 11.5 Å². The number of para-hydroxylation sites is 1. The number of urea groups is 1. The zero-order valence-electron chi connectivity index (χ0n) is 10.7. The molecule has 1 aromatic rings. The third-order valence-corrected chi connectivity index (χ3v) is 4.37. The Morgan fingerprint density at radius 3 is 2.62 bits per heavy atom. The van der Waals surface area contributed by atoms with Crippen LogP contribution in [0.15, 0.2) is 18.2 Å². The quantitative estimate of drug-likeness (QED) is 0.464. The smallest absolute Gasteiger partial charge is 0.321 e. The number of carbonyl (C=O) groups is 1. The van der Waals surface area contributed by atoms with E-state index in [2.05, 4.69) is 16.0 Å². The van der Waals surface area contributed by atoms with Crippen molar-refractivity contribution in [2.24, 2.45) is 5.92 Å². The molecule has 1 aromatic carbocycles. The van der Waals surface area contributed by atoms with Crippen molar-refractivity contribution in [3.63, 3.8) is 0 Å². The van der Waals surface area contributed by atoms with Gasteiger partial charge >= 0.3 is 6.03 Å². The van der Waals surface area contributed by atoms with E-state index in [1.165, 1.54) is 4.90 Å². The summed E-state index contributed by atoms with van der Waals surface area (Å²) < 4.78 is 0. The number of alkyl halides is 1. The van der Waals surface area contributed by atoms with Crippen LogP contribution in [-0.2, 0) is 0 Å². The molecule has 3 rings (SSSR count). The van der Waals surface area contributed by atoms with Crippen LogP contribution in [0.25, 0.3) is 0 Å². The average Bonchev–Trinajstić information content (AvgIpc) is 2.41. The Bertz CT molecular complexity index is 590. The molecule has 21 heavy (non-hydrogen) atoms. The first-order valence-corrected chi connectivity index (χ1v) is 7.45.